The highest BCUT2D eigenvalue weighted by molar-refractivity contribution is 9.10. The summed E-state index contributed by atoms with van der Waals surface area (Å²) in [4.78, 5) is 4.14. The summed E-state index contributed by atoms with van der Waals surface area (Å²) in [6.07, 6.45) is 3.54. The van der Waals surface area contributed by atoms with Crippen LogP contribution in [-0.2, 0) is 6.54 Å². The molecule has 1 aromatic heterocycles. The van der Waals surface area contributed by atoms with Crippen LogP contribution in [0.4, 0.5) is 0 Å². The minimum atomic E-state index is 0.779. The lowest BCUT2D eigenvalue weighted by Gasteiger charge is -2.12. The third-order valence-corrected chi connectivity index (χ3v) is 3.30. The summed E-state index contributed by atoms with van der Waals surface area (Å²) < 4.78 is 6.99. The zero-order valence-electron chi connectivity index (χ0n) is 11.1. The minimum absolute atomic E-state index is 0.779. The summed E-state index contributed by atoms with van der Waals surface area (Å²) in [7, 11) is 0. The van der Waals surface area contributed by atoms with Crippen LogP contribution in [0.1, 0.15) is 18.1 Å². The molecule has 0 radical (unpaired) electrons. The van der Waals surface area contributed by atoms with Crippen LogP contribution in [0.15, 0.2) is 41.1 Å². The molecule has 2 rings (SSSR count). The van der Waals surface area contributed by atoms with Gasteiger partial charge in [0.15, 0.2) is 0 Å². The molecule has 100 valence electrons. The third kappa shape index (κ3) is 3.78. The summed E-state index contributed by atoms with van der Waals surface area (Å²) in [5.41, 5.74) is 2.21. The lowest BCUT2D eigenvalue weighted by atomic mass is 10.2. The van der Waals surface area contributed by atoms with Crippen molar-refractivity contribution in [2.75, 3.05) is 6.54 Å². The third-order valence-electron chi connectivity index (χ3n) is 2.81. The molecule has 1 heterocycles. The second-order valence-electron chi connectivity index (χ2n) is 4.28. The second kappa shape index (κ2) is 6.68. The standard InChI is InChI=1S/C15H17BrN2O/c1-3-17-9-12-6-7-18-10-15(12)19-14-8-13(16)5-4-11(14)2/h4-8,10,17H,3,9H2,1-2H3. The van der Waals surface area contributed by atoms with Gasteiger partial charge in [-0.3, -0.25) is 4.98 Å². The molecule has 2 aromatic rings. The van der Waals surface area contributed by atoms with Crippen molar-refractivity contribution in [1.82, 2.24) is 10.3 Å². The molecule has 0 unspecified atom stereocenters. The van der Waals surface area contributed by atoms with Gasteiger partial charge in [-0.05, 0) is 37.2 Å². The Morgan fingerprint density at radius 2 is 2.11 bits per heavy atom. The molecule has 0 bridgehead atoms. The van der Waals surface area contributed by atoms with E-state index in [4.69, 9.17) is 4.74 Å². The van der Waals surface area contributed by atoms with E-state index in [0.29, 0.717) is 0 Å². The molecule has 0 fully saturated rings. The maximum absolute atomic E-state index is 5.99. The first-order chi connectivity index (χ1) is 9.20. The Bertz CT molecular complexity index is 558. The van der Waals surface area contributed by atoms with E-state index in [9.17, 15) is 0 Å². The number of aryl methyl sites for hydroxylation is 1. The van der Waals surface area contributed by atoms with Crippen LogP contribution in [0.3, 0.4) is 0 Å². The highest BCUT2D eigenvalue weighted by atomic mass is 79.9. The summed E-state index contributed by atoms with van der Waals surface area (Å²) in [6, 6.07) is 7.98. The van der Waals surface area contributed by atoms with Gasteiger partial charge in [-0.1, -0.05) is 28.9 Å². The predicted molar refractivity (Wildman–Crippen MR) is 80.6 cm³/mol. The van der Waals surface area contributed by atoms with E-state index < -0.39 is 0 Å². The molecule has 0 saturated carbocycles. The van der Waals surface area contributed by atoms with Crippen LogP contribution in [0.2, 0.25) is 0 Å². The normalized spacial score (nSPS) is 10.5. The topological polar surface area (TPSA) is 34.2 Å². The molecule has 0 saturated heterocycles. The van der Waals surface area contributed by atoms with Crippen molar-refractivity contribution in [2.45, 2.75) is 20.4 Å². The fraction of sp³-hybridized carbons (Fsp3) is 0.267. The first-order valence-electron chi connectivity index (χ1n) is 6.28. The number of halogens is 1. The van der Waals surface area contributed by atoms with Crippen molar-refractivity contribution in [2.24, 2.45) is 0 Å². The van der Waals surface area contributed by atoms with Crippen molar-refractivity contribution in [3.05, 3.63) is 52.3 Å². The Morgan fingerprint density at radius 3 is 2.89 bits per heavy atom. The van der Waals surface area contributed by atoms with Crippen LogP contribution in [0.25, 0.3) is 0 Å². The second-order valence-corrected chi connectivity index (χ2v) is 5.19. The van der Waals surface area contributed by atoms with Crippen LogP contribution in [-0.4, -0.2) is 11.5 Å². The van der Waals surface area contributed by atoms with E-state index in [2.05, 4.69) is 33.2 Å². The maximum atomic E-state index is 5.99. The van der Waals surface area contributed by atoms with Gasteiger partial charge in [0.2, 0.25) is 0 Å². The number of hydrogen-bond donors (Lipinski definition) is 1. The van der Waals surface area contributed by atoms with Crippen molar-refractivity contribution >= 4 is 15.9 Å². The Kier molecular flexibility index (Phi) is 4.93. The number of nitrogens with one attached hydrogen (secondary N) is 1. The molecule has 3 nitrogen and oxygen atoms in total. The van der Waals surface area contributed by atoms with E-state index >= 15 is 0 Å². The molecule has 0 aliphatic carbocycles. The SMILES string of the molecule is CCNCc1ccncc1Oc1cc(Br)ccc1C. The maximum Gasteiger partial charge on any atom is 0.150 e. The molecule has 0 aliphatic rings. The lowest BCUT2D eigenvalue weighted by molar-refractivity contribution is 0.467. The average molecular weight is 321 g/mol. The van der Waals surface area contributed by atoms with Gasteiger partial charge >= 0.3 is 0 Å². The zero-order chi connectivity index (χ0) is 13.7. The molecule has 19 heavy (non-hydrogen) atoms. The quantitative estimate of drug-likeness (QED) is 0.902. The predicted octanol–water partition coefficient (Wildman–Crippen LogP) is 4.05. The van der Waals surface area contributed by atoms with Crippen molar-refractivity contribution in [3.8, 4) is 11.5 Å². The Labute approximate surface area is 122 Å². The number of nitrogens with zero attached hydrogens (tertiary/aromatic N) is 1. The fourth-order valence-corrected chi connectivity index (χ4v) is 2.05. The fourth-order valence-electron chi connectivity index (χ4n) is 1.71. The van der Waals surface area contributed by atoms with Crippen molar-refractivity contribution in [1.29, 1.82) is 0 Å². The van der Waals surface area contributed by atoms with Crippen LogP contribution < -0.4 is 10.1 Å². The molecule has 0 amide bonds. The van der Waals surface area contributed by atoms with E-state index in [-0.39, 0.29) is 0 Å². The number of rotatable bonds is 5. The first kappa shape index (κ1) is 14.0. The van der Waals surface area contributed by atoms with Gasteiger partial charge in [-0.2, -0.15) is 0 Å². The van der Waals surface area contributed by atoms with Crippen LogP contribution in [0.5, 0.6) is 11.5 Å². The number of aromatic nitrogens is 1. The Morgan fingerprint density at radius 1 is 1.26 bits per heavy atom. The summed E-state index contributed by atoms with van der Waals surface area (Å²) in [5, 5.41) is 3.30. The molecule has 1 aromatic carbocycles. The van der Waals surface area contributed by atoms with Gasteiger partial charge in [-0.15, -0.1) is 0 Å². The first-order valence-corrected chi connectivity index (χ1v) is 7.07. The van der Waals surface area contributed by atoms with E-state index in [1.807, 2.05) is 31.2 Å². The van der Waals surface area contributed by atoms with Crippen LogP contribution >= 0.6 is 15.9 Å². The number of ether oxygens (including phenoxy) is 1. The number of benzene rings is 1. The largest absolute Gasteiger partial charge is 0.455 e. The summed E-state index contributed by atoms with van der Waals surface area (Å²) in [6.45, 7) is 5.82. The monoisotopic (exact) mass is 320 g/mol. The molecular formula is C15H17BrN2O. The minimum Gasteiger partial charge on any atom is -0.455 e. The van der Waals surface area contributed by atoms with Gasteiger partial charge in [0, 0.05) is 22.8 Å². The Balaban J connectivity index is 2.25. The van der Waals surface area contributed by atoms with Gasteiger partial charge < -0.3 is 10.1 Å². The molecule has 4 heteroatoms. The van der Waals surface area contributed by atoms with E-state index in [1.54, 1.807) is 12.4 Å². The van der Waals surface area contributed by atoms with Crippen LogP contribution in [0, 0.1) is 6.92 Å². The molecule has 0 spiro atoms. The van der Waals surface area contributed by atoms with Gasteiger partial charge in [0.05, 0.1) is 6.20 Å². The lowest BCUT2D eigenvalue weighted by Crippen LogP contribution is -2.12. The highest BCUT2D eigenvalue weighted by Crippen LogP contribution is 2.29. The van der Waals surface area contributed by atoms with Gasteiger partial charge in [-0.25, -0.2) is 0 Å². The molecule has 1 N–H and O–H groups in total. The average Bonchev–Trinajstić information content (AvgIpc) is 2.42. The van der Waals surface area contributed by atoms with Crippen molar-refractivity contribution < 1.29 is 4.74 Å². The highest BCUT2D eigenvalue weighted by Gasteiger charge is 2.07. The number of hydrogen-bond acceptors (Lipinski definition) is 3. The summed E-state index contributed by atoms with van der Waals surface area (Å²) >= 11 is 3.46. The Hall–Kier alpha value is -1.39. The molecular weight excluding hydrogens is 304 g/mol. The van der Waals surface area contributed by atoms with Crippen molar-refractivity contribution in [3.63, 3.8) is 0 Å². The molecule has 0 aliphatic heterocycles. The van der Waals surface area contributed by atoms with E-state index in [1.165, 1.54) is 0 Å². The smallest absolute Gasteiger partial charge is 0.150 e. The number of pyridine rings is 1. The van der Waals surface area contributed by atoms with Gasteiger partial charge in [0.25, 0.3) is 0 Å². The van der Waals surface area contributed by atoms with E-state index in [0.717, 1.165) is 40.2 Å². The summed E-state index contributed by atoms with van der Waals surface area (Å²) in [5.74, 6) is 1.64. The molecule has 0 atom stereocenters. The van der Waals surface area contributed by atoms with Gasteiger partial charge in [0.1, 0.15) is 11.5 Å². The zero-order valence-corrected chi connectivity index (χ0v) is 12.7.